The number of anilines is 1. The molecule has 0 spiro atoms. The van der Waals surface area contributed by atoms with E-state index in [2.05, 4.69) is 4.98 Å². The highest BCUT2D eigenvalue weighted by Crippen LogP contribution is 2.44. The fourth-order valence-corrected chi connectivity index (χ4v) is 2.52. The summed E-state index contributed by atoms with van der Waals surface area (Å²) in [6, 6.07) is 0. The zero-order chi connectivity index (χ0) is 13.8. The average Bonchev–Trinajstić information content (AvgIpc) is 2.85. The molecule has 3 heterocycles. The van der Waals surface area contributed by atoms with Gasteiger partial charge >= 0.3 is 5.69 Å². The van der Waals surface area contributed by atoms with E-state index in [1.807, 2.05) is 0 Å². The monoisotopic (exact) mass is 269 g/mol. The lowest BCUT2D eigenvalue weighted by Gasteiger charge is -2.29. The lowest BCUT2D eigenvalue weighted by atomic mass is 10.0. The Balaban J connectivity index is 2.02. The number of fused-ring (bicyclic) bond motifs is 2. The molecular formula is C11H15N3O5. The molecule has 104 valence electrons. The van der Waals surface area contributed by atoms with Gasteiger partial charge in [-0.15, -0.1) is 0 Å². The molecule has 2 fully saturated rings. The van der Waals surface area contributed by atoms with Crippen LogP contribution in [0.5, 0.6) is 0 Å². The number of hydrogen-bond acceptors (Lipinski definition) is 7. The maximum Gasteiger partial charge on any atom is 0.351 e. The molecule has 2 aliphatic rings. The van der Waals surface area contributed by atoms with Crippen LogP contribution in [-0.2, 0) is 9.47 Å². The molecule has 1 aromatic rings. The molecule has 19 heavy (non-hydrogen) atoms. The molecule has 0 aromatic carbocycles. The fourth-order valence-electron chi connectivity index (χ4n) is 2.52. The van der Waals surface area contributed by atoms with Crippen LogP contribution in [-0.4, -0.2) is 50.8 Å². The number of aliphatic hydroxyl groups excluding tert-OH is 2. The van der Waals surface area contributed by atoms with E-state index >= 15 is 0 Å². The van der Waals surface area contributed by atoms with Gasteiger partial charge in [-0.25, -0.2) is 4.79 Å². The predicted molar refractivity (Wildman–Crippen MR) is 63.3 cm³/mol. The van der Waals surface area contributed by atoms with E-state index in [9.17, 15) is 15.0 Å². The summed E-state index contributed by atoms with van der Waals surface area (Å²) in [5.74, 6) is 0.155. The topological polar surface area (TPSA) is 120 Å². The summed E-state index contributed by atoms with van der Waals surface area (Å²) in [7, 11) is 0. The quantitative estimate of drug-likeness (QED) is 0.576. The second-order valence-corrected chi connectivity index (χ2v) is 4.95. The van der Waals surface area contributed by atoms with Crippen molar-refractivity contribution < 1.29 is 19.7 Å². The number of ether oxygens (including phenoxy) is 2. The van der Waals surface area contributed by atoms with Crippen LogP contribution >= 0.6 is 0 Å². The van der Waals surface area contributed by atoms with Crippen molar-refractivity contribution in [1.82, 2.24) is 9.55 Å². The summed E-state index contributed by atoms with van der Waals surface area (Å²) >= 11 is 0. The van der Waals surface area contributed by atoms with E-state index < -0.39 is 29.7 Å². The first-order valence-corrected chi connectivity index (χ1v) is 5.92. The van der Waals surface area contributed by atoms with Gasteiger partial charge in [0.1, 0.15) is 23.6 Å². The largest absolute Gasteiger partial charge is 0.393 e. The van der Waals surface area contributed by atoms with Gasteiger partial charge in [0.05, 0.1) is 13.2 Å². The van der Waals surface area contributed by atoms with E-state index in [4.69, 9.17) is 15.2 Å². The number of aryl methyl sites for hydroxylation is 1. The molecule has 2 bridgehead atoms. The predicted octanol–water partition coefficient (Wildman–Crippen LogP) is -1.85. The summed E-state index contributed by atoms with van der Waals surface area (Å²) < 4.78 is 12.3. The zero-order valence-electron chi connectivity index (χ0n) is 10.3. The van der Waals surface area contributed by atoms with Crippen molar-refractivity contribution in [3.8, 4) is 0 Å². The minimum Gasteiger partial charge on any atom is -0.393 e. The van der Waals surface area contributed by atoms with E-state index in [1.165, 1.54) is 10.8 Å². The van der Waals surface area contributed by atoms with E-state index in [0.29, 0.717) is 5.56 Å². The highest BCUT2D eigenvalue weighted by molar-refractivity contribution is 5.35. The zero-order valence-corrected chi connectivity index (χ0v) is 10.3. The van der Waals surface area contributed by atoms with Crippen LogP contribution in [0.4, 0.5) is 5.82 Å². The minimum atomic E-state index is -1.16. The lowest BCUT2D eigenvalue weighted by molar-refractivity contribution is -0.187. The SMILES string of the molecule is Cc1cn([C@@H]2O[C@@]3(CO)CO[C@@H]2[C@@H]3O)c(=O)nc1N. The van der Waals surface area contributed by atoms with E-state index in [1.54, 1.807) is 6.92 Å². The number of nitrogens with zero attached hydrogens (tertiary/aromatic N) is 2. The Morgan fingerprint density at radius 3 is 3.05 bits per heavy atom. The molecular weight excluding hydrogens is 254 g/mol. The number of hydrogen-bond donors (Lipinski definition) is 3. The highest BCUT2D eigenvalue weighted by atomic mass is 16.7. The number of nitrogen functional groups attached to an aromatic ring is 1. The highest BCUT2D eigenvalue weighted by Gasteiger charge is 2.61. The third kappa shape index (κ3) is 1.61. The molecule has 4 N–H and O–H groups in total. The van der Waals surface area contributed by atoms with Crippen molar-refractivity contribution in [2.24, 2.45) is 0 Å². The van der Waals surface area contributed by atoms with Crippen molar-refractivity contribution in [2.75, 3.05) is 18.9 Å². The van der Waals surface area contributed by atoms with Crippen LogP contribution in [0, 0.1) is 6.92 Å². The summed E-state index contributed by atoms with van der Waals surface area (Å²) in [5.41, 5.74) is 4.44. The lowest BCUT2D eigenvalue weighted by Crippen LogP contribution is -2.44. The van der Waals surface area contributed by atoms with Gasteiger partial charge in [-0.3, -0.25) is 4.57 Å². The van der Waals surface area contributed by atoms with E-state index in [0.717, 1.165) is 0 Å². The Kier molecular flexibility index (Phi) is 2.65. The molecule has 0 unspecified atom stereocenters. The first kappa shape index (κ1) is 12.5. The number of nitrogens with two attached hydrogens (primary N) is 1. The minimum absolute atomic E-state index is 0.0992. The van der Waals surface area contributed by atoms with Crippen LogP contribution in [0.15, 0.2) is 11.0 Å². The van der Waals surface area contributed by atoms with Gasteiger partial charge in [-0.1, -0.05) is 0 Å². The molecule has 8 nitrogen and oxygen atoms in total. The average molecular weight is 269 g/mol. The van der Waals surface area contributed by atoms with Crippen molar-refractivity contribution in [3.63, 3.8) is 0 Å². The Hall–Kier alpha value is -1.48. The standard InChI is InChI=1S/C11H15N3O5/c1-5-2-14(10(17)13-8(5)12)9-6-7(16)11(3-15,19-9)4-18-6/h2,6-7,9,15-16H,3-4H2,1H3,(H2,12,13,17)/t6-,7+,9-,11+/m1/s1. The second-order valence-electron chi connectivity index (χ2n) is 4.95. The van der Waals surface area contributed by atoms with Gasteiger partial charge in [-0.05, 0) is 6.92 Å². The summed E-state index contributed by atoms with van der Waals surface area (Å²) in [5, 5.41) is 19.4. The molecule has 2 saturated heterocycles. The Labute approximate surface area is 108 Å². The van der Waals surface area contributed by atoms with Gasteiger partial charge in [-0.2, -0.15) is 4.98 Å². The maximum atomic E-state index is 11.8. The first-order valence-electron chi connectivity index (χ1n) is 5.92. The van der Waals surface area contributed by atoms with Gasteiger partial charge in [0.2, 0.25) is 0 Å². The molecule has 2 aliphatic heterocycles. The smallest absolute Gasteiger partial charge is 0.351 e. The number of aliphatic hydroxyl groups is 2. The maximum absolute atomic E-state index is 11.8. The Morgan fingerprint density at radius 1 is 1.68 bits per heavy atom. The van der Waals surface area contributed by atoms with Gasteiger partial charge < -0.3 is 25.4 Å². The third-order valence-electron chi connectivity index (χ3n) is 3.72. The fraction of sp³-hybridized carbons (Fsp3) is 0.636. The van der Waals surface area contributed by atoms with Gasteiger partial charge in [0.15, 0.2) is 6.23 Å². The van der Waals surface area contributed by atoms with Crippen LogP contribution < -0.4 is 11.4 Å². The molecule has 8 heteroatoms. The van der Waals surface area contributed by atoms with Crippen molar-refractivity contribution >= 4 is 5.82 Å². The normalized spacial score (nSPS) is 36.9. The first-order chi connectivity index (χ1) is 8.98. The van der Waals surface area contributed by atoms with Crippen LogP contribution in [0.1, 0.15) is 11.8 Å². The third-order valence-corrected chi connectivity index (χ3v) is 3.72. The van der Waals surface area contributed by atoms with Crippen molar-refractivity contribution in [2.45, 2.75) is 31.0 Å². The van der Waals surface area contributed by atoms with Crippen LogP contribution in [0.2, 0.25) is 0 Å². The van der Waals surface area contributed by atoms with Gasteiger partial charge in [0, 0.05) is 11.8 Å². The van der Waals surface area contributed by atoms with Crippen molar-refractivity contribution in [1.29, 1.82) is 0 Å². The molecule has 4 atom stereocenters. The van der Waals surface area contributed by atoms with Crippen LogP contribution in [0.3, 0.4) is 0 Å². The molecule has 0 aliphatic carbocycles. The number of aromatic nitrogens is 2. The molecule has 1 aromatic heterocycles. The second kappa shape index (κ2) is 4.01. The summed E-state index contributed by atoms with van der Waals surface area (Å²) in [4.78, 5) is 15.5. The van der Waals surface area contributed by atoms with Crippen molar-refractivity contribution in [3.05, 3.63) is 22.2 Å². The molecule has 0 radical (unpaired) electrons. The van der Waals surface area contributed by atoms with Gasteiger partial charge in [0.25, 0.3) is 0 Å². The van der Waals surface area contributed by atoms with Crippen LogP contribution in [0.25, 0.3) is 0 Å². The molecule has 0 amide bonds. The summed E-state index contributed by atoms with van der Waals surface area (Å²) in [6.45, 7) is 1.43. The Morgan fingerprint density at radius 2 is 2.42 bits per heavy atom. The van der Waals surface area contributed by atoms with E-state index in [-0.39, 0.29) is 19.0 Å². The number of rotatable bonds is 2. The molecule has 3 rings (SSSR count). The Bertz CT molecular complexity index is 574. The molecule has 0 saturated carbocycles. The summed E-state index contributed by atoms with van der Waals surface area (Å²) in [6.07, 6.45) is -0.978.